The Morgan fingerprint density at radius 1 is 0.258 bits per heavy atom. The maximum atomic E-state index is 5.78. The van der Waals surface area contributed by atoms with Gasteiger partial charge < -0.3 is 9.47 Å². The number of hydrogen-bond donors (Lipinski definition) is 0. The summed E-state index contributed by atoms with van der Waals surface area (Å²) in [6, 6.07) is 0. The van der Waals surface area contributed by atoms with Gasteiger partial charge >= 0.3 is 0 Å². The van der Waals surface area contributed by atoms with Gasteiger partial charge in [-0.25, -0.2) is 0 Å². The second-order valence-electron chi connectivity index (χ2n) is 9.65. The summed E-state index contributed by atoms with van der Waals surface area (Å²) in [6.45, 7) is 8.39. The fourth-order valence-electron chi connectivity index (χ4n) is 4.17. The minimum Gasteiger partial charge on any atom is -0.381 e. The Bertz CT molecular complexity index is 264. The van der Waals surface area contributed by atoms with Gasteiger partial charge in [-0.2, -0.15) is 0 Å². The van der Waals surface area contributed by atoms with Gasteiger partial charge in [0.1, 0.15) is 0 Å². The molecule has 0 atom stereocenters. The molecule has 0 saturated carbocycles. The zero-order valence-electron chi connectivity index (χ0n) is 21.9. The maximum Gasteiger partial charge on any atom is 0.0466 e. The molecule has 0 heterocycles. The molecule has 2 nitrogen and oxygen atoms in total. The molecule has 0 saturated heterocycles. The Morgan fingerprint density at radius 2 is 0.452 bits per heavy atom. The minimum atomic E-state index is 0.940. The van der Waals surface area contributed by atoms with Crippen LogP contribution in [-0.4, -0.2) is 26.4 Å². The van der Waals surface area contributed by atoms with Crippen LogP contribution >= 0.6 is 0 Å². The molecule has 0 aromatic heterocycles. The molecule has 0 N–H and O–H groups in total. The maximum absolute atomic E-state index is 5.78. The number of hydrogen-bond acceptors (Lipinski definition) is 2. The average Bonchev–Trinajstić information content (AvgIpc) is 2.78. The highest BCUT2D eigenvalue weighted by molar-refractivity contribution is 4.49. The fraction of sp³-hybridized carbons (Fsp3) is 1.00. The van der Waals surface area contributed by atoms with Crippen LogP contribution in [0.2, 0.25) is 0 Å². The van der Waals surface area contributed by atoms with Crippen LogP contribution in [0.15, 0.2) is 0 Å². The van der Waals surface area contributed by atoms with Crippen molar-refractivity contribution in [1.29, 1.82) is 0 Å². The van der Waals surface area contributed by atoms with Crippen LogP contribution in [0.4, 0.5) is 0 Å². The predicted octanol–water partition coefficient (Wildman–Crippen LogP) is 10.0. The molecule has 0 spiro atoms. The molecular weight excluding hydrogens is 380 g/mol. The van der Waals surface area contributed by atoms with Crippen LogP contribution < -0.4 is 0 Å². The Kier molecular flexibility index (Phi) is 29.8. The Morgan fingerprint density at radius 3 is 0.710 bits per heavy atom. The minimum absolute atomic E-state index is 0.940. The number of ether oxygens (including phenoxy) is 2. The van der Waals surface area contributed by atoms with Crippen molar-refractivity contribution in [3.63, 3.8) is 0 Å². The van der Waals surface area contributed by atoms with Gasteiger partial charge in [-0.3, -0.25) is 0 Å². The summed E-state index contributed by atoms with van der Waals surface area (Å²) in [5.74, 6) is 0. The normalized spacial score (nSPS) is 11.4. The molecule has 31 heavy (non-hydrogen) atoms. The molecule has 0 aromatic carbocycles. The summed E-state index contributed by atoms with van der Waals surface area (Å²) in [6.07, 6.45) is 31.5. The first kappa shape index (κ1) is 30.9. The van der Waals surface area contributed by atoms with Crippen molar-refractivity contribution < 1.29 is 9.47 Å². The Hall–Kier alpha value is -0.0800. The quantitative estimate of drug-likeness (QED) is 0.113. The summed E-state index contributed by atoms with van der Waals surface area (Å²) in [5, 5.41) is 0. The second-order valence-corrected chi connectivity index (χ2v) is 9.65. The largest absolute Gasteiger partial charge is 0.381 e. The third kappa shape index (κ3) is 29.9. The molecule has 0 aliphatic heterocycles. The third-order valence-corrected chi connectivity index (χ3v) is 6.36. The van der Waals surface area contributed by atoms with Crippen LogP contribution in [0.3, 0.4) is 0 Å². The number of rotatable bonds is 28. The van der Waals surface area contributed by atoms with Crippen molar-refractivity contribution in [2.75, 3.05) is 26.4 Å². The summed E-state index contributed by atoms with van der Waals surface area (Å²) in [4.78, 5) is 0. The van der Waals surface area contributed by atoms with Crippen molar-refractivity contribution in [2.45, 2.75) is 162 Å². The van der Waals surface area contributed by atoms with Gasteiger partial charge in [0, 0.05) is 26.4 Å². The monoisotopic (exact) mass is 440 g/mol. The highest BCUT2D eigenvalue weighted by Crippen LogP contribution is 2.11. The first-order chi connectivity index (χ1) is 15.4. The van der Waals surface area contributed by atoms with Gasteiger partial charge in [0.25, 0.3) is 0 Å². The van der Waals surface area contributed by atoms with Gasteiger partial charge in [-0.05, 0) is 32.1 Å². The van der Waals surface area contributed by atoms with Crippen LogP contribution in [0.1, 0.15) is 162 Å². The Labute approximate surface area is 197 Å². The van der Waals surface area contributed by atoms with Crippen molar-refractivity contribution in [2.24, 2.45) is 0 Å². The van der Waals surface area contributed by atoms with Gasteiger partial charge in [-0.1, -0.05) is 129 Å². The van der Waals surface area contributed by atoms with Gasteiger partial charge in [-0.15, -0.1) is 0 Å². The van der Waals surface area contributed by atoms with Gasteiger partial charge in [0.05, 0.1) is 0 Å². The lowest BCUT2D eigenvalue weighted by Gasteiger charge is -2.06. The standard InChI is InChI=1S/C29H60O2/c1-3-5-7-9-11-13-15-17-19-22-26-30-28-24-21-25-29-31-27-23-20-18-16-14-12-10-8-6-4-2/h3-29H2,1-2H3. The molecule has 188 valence electrons. The molecule has 0 bridgehead atoms. The van der Waals surface area contributed by atoms with Crippen LogP contribution in [0, 0.1) is 0 Å². The van der Waals surface area contributed by atoms with E-state index in [0.29, 0.717) is 0 Å². The smallest absolute Gasteiger partial charge is 0.0466 e. The average molecular weight is 441 g/mol. The van der Waals surface area contributed by atoms with Crippen LogP contribution in [0.5, 0.6) is 0 Å². The van der Waals surface area contributed by atoms with E-state index in [0.717, 1.165) is 26.4 Å². The van der Waals surface area contributed by atoms with E-state index in [4.69, 9.17) is 9.47 Å². The van der Waals surface area contributed by atoms with E-state index in [1.54, 1.807) is 0 Å². The van der Waals surface area contributed by atoms with Crippen LogP contribution in [0.25, 0.3) is 0 Å². The summed E-state index contributed by atoms with van der Waals surface area (Å²) >= 11 is 0. The van der Waals surface area contributed by atoms with E-state index in [-0.39, 0.29) is 0 Å². The van der Waals surface area contributed by atoms with Crippen LogP contribution in [-0.2, 0) is 9.47 Å². The topological polar surface area (TPSA) is 18.5 Å². The Balaban J connectivity index is 2.98. The van der Waals surface area contributed by atoms with Crippen molar-refractivity contribution in [3.8, 4) is 0 Å². The second kappa shape index (κ2) is 29.9. The van der Waals surface area contributed by atoms with Crippen molar-refractivity contribution in [3.05, 3.63) is 0 Å². The molecule has 0 fully saturated rings. The molecule has 0 rings (SSSR count). The molecule has 0 aromatic rings. The summed E-state index contributed by atoms with van der Waals surface area (Å²) < 4.78 is 11.6. The molecular formula is C29H60O2. The summed E-state index contributed by atoms with van der Waals surface area (Å²) in [5.41, 5.74) is 0. The summed E-state index contributed by atoms with van der Waals surface area (Å²) in [7, 11) is 0. The fourth-order valence-corrected chi connectivity index (χ4v) is 4.17. The molecule has 0 aliphatic rings. The van der Waals surface area contributed by atoms with E-state index in [1.807, 2.05) is 0 Å². The first-order valence-electron chi connectivity index (χ1n) is 14.6. The molecule has 2 heteroatoms. The van der Waals surface area contributed by atoms with E-state index < -0.39 is 0 Å². The SMILES string of the molecule is CCCCCCCCCCCCOCCCCCOCCCCCCCCCCCC. The lowest BCUT2D eigenvalue weighted by molar-refractivity contribution is 0.111. The highest BCUT2D eigenvalue weighted by atomic mass is 16.5. The third-order valence-electron chi connectivity index (χ3n) is 6.36. The molecule has 0 unspecified atom stereocenters. The lowest BCUT2D eigenvalue weighted by Crippen LogP contribution is -2.00. The number of unbranched alkanes of at least 4 members (excludes halogenated alkanes) is 20. The van der Waals surface area contributed by atoms with E-state index in [2.05, 4.69) is 13.8 Å². The molecule has 0 radical (unpaired) electrons. The molecule has 0 aliphatic carbocycles. The highest BCUT2D eigenvalue weighted by Gasteiger charge is 1.96. The van der Waals surface area contributed by atoms with Gasteiger partial charge in [0.2, 0.25) is 0 Å². The zero-order chi connectivity index (χ0) is 22.5. The molecule has 0 amide bonds. The lowest BCUT2D eigenvalue weighted by atomic mass is 10.1. The zero-order valence-corrected chi connectivity index (χ0v) is 21.9. The van der Waals surface area contributed by atoms with E-state index in [1.165, 1.54) is 148 Å². The predicted molar refractivity (Wildman–Crippen MR) is 139 cm³/mol. The van der Waals surface area contributed by atoms with Crippen molar-refractivity contribution >= 4 is 0 Å². The van der Waals surface area contributed by atoms with E-state index >= 15 is 0 Å². The van der Waals surface area contributed by atoms with Crippen molar-refractivity contribution in [1.82, 2.24) is 0 Å². The van der Waals surface area contributed by atoms with Gasteiger partial charge in [0.15, 0.2) is 0 Å². The van der Waals surface area contributed by atoms with E-state index in [9.17, 15) is 0 Å². The first-order valence-corrected chi connectivity index (χ1v) is 14.6.